The van der Waals surface area contributed by atoms with Gasteiger partial charge in [0, 0.05) is 41.9 Å². The molecule has 2 aliphatic rings. The van der Waals surface area contributed by atoms with Crippen LogP contribution >= 0.6 is 0 Å². The number of rotatable bonds is 8. The van der Waals surface area contributed by atoms with E-state index in [2.05, 4.69) is 19.9 Å². The Kier molecular flexibility index (Phi) is 6.28. The molecule has 0 amide bonds. The third kappa shape index (κ3) is 5.01. The molecule has 4 aromatic heterocycles. The number of ether oxygens (including phenoxy) is 1. The summed E-state index contributed by atoms with van der Waals surface area (Å²) < 4.78 is 49.0. The summed E-state index contributed by atoms with van der Waals surface area (Å²) in [6.07, 6.45) is 3.76. The van der Waals surface area contributed by atoms with Gasteiger partial charge in [0.1, 0.15) is 23.4 Å². The van der Waals surface area contributed by atoms with Gasteiger partial charge in [0.25, 0.3) is 5.56 Å². The van der Waals surface area contributed by atoms with Gasteiger partial charge in [0.2, 0.25) is 5.88 Å². The molecule has 12 heteroatoms. The Morgan fingerprint density at radius 2 is 1.76 bits per heavy atom. The van der Waals surface area contributed by atoms with Crippen molar-refractivity contribution in [2.24, 2.45) is 5.92 Å². The molecule has 7 rings (SSSR count). The Labute approximate surface area is 238 Å². The monoisotopic (exact) mass is 573 g/mol. The molecule has 1 aromatic carbocycles. The lowest BCUT2D eigenvalue weighted by atomic mass is 10.1. The number of hydrogen-bond acceptors (Lipinski definition) is 7. The zero-order valence-corrected chi connectivity index (χ0v) is 22.7. The first-order valence-electron chi connectivity index (χ1n) is 13.8. The van der Waals surface area contributed by atoms with Gasteiger partial charge in [-0.2, -0.15) is 13.2 Å². The summed E-state index contributed by atoms with van der Waals surface area (Å²) in [6.45, 7) is 0.711. The van der Waals surface area contributed by atoms with Crippen LogP contribution in [0.5, 0.6) is 5.88 Å². The van der Waals surface area contributed by atoms with Gasteiger partial charge in [0.05, 0.1) is 19.3 Å². The molecule has 0 N–H and O–H groups in total. The lowest BCUT2D eigenvalue weighted by molar-refractivity contribution is -0.140. The van der Waals surface area contributed by atoms with Gasteiger partial charge in [-0.15, -0.1) is 0 Å². The lowest BCUT2D eigenvalue weighted by Crippen LogP contribution is -2.21. The summed E-state index contributed by atoms with van der Waals surface area (Å²) >= 11 is 0. The second-order valence-corrected chi connectivity index (χ2v) is 10.9. The summed E-state index contributed by atoms with van der Waals surface area (Å²) in [5, 5.41) is 0.681. The van der Waals surface area contributed by atoms with Crippen molar-refractivity contribution in [3.63, 3.8) is 0 Å². The van der Waals surface area contributed by atoms with Crippen LogP contribution in [0.2, 0.25) is 0 Å². The molecule has 4 heterocycles. The number of hydrogen-bond donors (Lipinski definition) is 0. The number of benzene rings is 1. The van der Waals surface area contributed by atoms with Crippen LogP contribution in [-0.2, 0) is 19.3 Å². The van der Waals surface area contributed by atoms with Crippen molar-refractivity contribution in [3.05, 3.63) is 82.4 Å². The van der Waals surface area contributed by atoms with E-state index in [1.807, 2.05) is 0 Å². The standard InChI is InChI=1S/C30H26F3N7O2/c1-42-29-24(25(19-8-9-19)35-16-36-29)26-34-12-21-10-11-23(41)40(28(21)38-26)14-18-4-6-20(7-5-18)27-37-22(30(31,32)33)15-39(27)13-17-2-3-17/h4-7,10-12,15-17,19H,2-3,8-9,13-14H2,1H3. The Hall–Kier alpha value is -4.61. The number of methoxy groups -OCH3 is 1. The van der Waals surface area contributed by atoms with Crippen LogP contribution in [0.1, 0.15) is 48.6 Å². The summed E-state index contributed by atoms with van der Waals surface area (Å²) in [6, 6.07) is 10.2. The normalized spacial score (nSPS) is 15.3. The molecule has 0 atom stereocenters. The van der Waals surface area contributed by atoms with E-state index in [1.54, 1.807) is 45.7 Å². The molecule has 2 saturated carbocycles. The minimum Gasteiger partial charge on any atom is -0.480 e. The SMILES string of the molecule is COc1ncnc(C2CC2)c1-c1ncc2ccc(=O)n(Cc3ccc(-c4nc(C(F)(F)F)cn4CC4CC4)cc3)c2n1. The van der Waals surface area contributed by atoms with Crippen molar-refractivity contribution >= 4 is 11.0 Å². The minimum atomic E-state index is -4.52. The summed E-state index contributed by atoms with van der Waals surface area (Å²) in [4.78, 5) is 35.1. The highest BCUT2D eigenvalue weighted by Crippen LogP contribution is 2.45. The van der Waals surface area contributed by atoms with Crippen molar-refractivity contribution in [2.75, 3.05) is 7.11 Å². The minimum absolute atomic E-state index is 0.204. The van der Waals surface area contributed by atoms with E-state index in [1.165, 1.54) is 19.5 Å². The van der Waals surface area contributed by atoms with Gasteiger partial charge in [-0.25, -0.2) is 24.9 Å². The number of halogens is 3. The molecule has 2 aliphatic carbocycles. The molecule has 0 bridgehead atoms. The third-order valence-corrected chi connectivity index (χ3v) is 7.72. The van der Waals surface area contributed by atoms with Crippen molar-refractivity contribution in [1.82, 2.24) is 34.1 Å². The van der Waals surface area contributed by atoms with Gasteiger partial charge in [-0.05, 0) is 43.2 Å². The number of fused-ring (bicyclic) bond motifs is 1. The average Bonchev–Trinajstić information content (AvgIpc) is 3.92. The van der Waals surface area contributed by atoms with E-state index in [4.69, 9.17) is 9.72 Å². The summed E-state index contributed by atoms with van der Waals surface area (Å²) in [5.74, 6) is 1.71. The largest absolute Gasteiger partial charge is 0.480 e. The highest BCUT2D eigenvalue weighted by molar-refractivity contribution is 5.78. The predicted molar refractivity (Wildman–Crippen MR) is 148 cm³/mol. The van der Waals surface area contributed by atoms with Crippen LogP contribution in [0, 0.1) is 5.92 Å². The molecule has 214 valence electrons. The van der Waals surface area contributed by atoms with E-state index >= 15 is 0 Å². The second kappa shape index (κ2) is 10.0. The molecule has 9 nitrogen and oxygen atoms in total. The Balaban J connectivity index is 1.24. The van der Waals surface area contributed by atoms with Crippen LogP contribution in [-0.4, -0.2) is 41.2 Å². The average molecular weight is 574 g/mol. The highest BCUT2D eigenvalue weighted by atomic mass is 19.4. The van der Waals surface area contributed by atoms with Crippen molar-refractivity contribution in [3.8, 4) is 28.7 Å². The fourth-order valence-corrected chi connectivity index (χ4v) is 5.20. The van der Waals surface area contributed by atoms with Crippen molar-refractivity contribution in [2.45, 2.75) is 50.9 Å². The Morgan fingerprint density at radius 1 is 0.976 bits per heavy atom. The summed E-state index contributed by atoms with van der Waals surface area (Å²) in [5.41, 5.74) is 2.11. The van der Waals surface area contributed by atoms with Crippen LogP contribution in [0.3, 0.4) is 0 Å². The summed E-state index contributed by atoms with van der Waals surface area (Å²) in [7, 11) is 1.53. The van der Waals surface area contributed by atoms with Gasteiger partial charge in [-0.1, -0.05) is 24.3 Å². The van der Waals surface area contributed by atoms with Gasteiger partial charge >= 0.3 is 6.18 Å². The quantitative estimate of drug-likeness (QED) is 0.243. The zero-order chi connectivity index (χ0) is 29.0. The second-order valence-electron chi connectivity index (χ2n) is 10.9. The fourth-order valence-electron chi connectivity index (χ4n) is 5.20. The predicted octanol–water partition coefficient (Wildman–Crippen LogP) is 5.48. The molecule has 42 heavy (non-hydrogen) atoms. The molecule has 0 radical (unpaired) electrons. The first-order valence-corrected chi connectivity index (χ1v) is 13.8. The van der Waals surface area contributed by atoms with Gasteiger partial charge in [-0.3, -0.25) is 9.36 Å². The number of imidazole rings is 1. The number of nitrogens with zero attached hydrogens (tertiary/aromatic N) is 7. The van der Waals surface area contributed by atoms with Crippen molar-refractivity contribution < 1.29 is 17.9 Å². The van der Waals surface area contributed by atoms with Crippen LogP contribution in [0.25, 0.3) is 33.8 Å². The maximum absolute atomic E-state index is 13.4. The van der Waals surface area contributed by atoms with Crippen LogP contribution < -0.4 is 10.3 Å². The topological polar surface area (TPSA) is 101 Å². The first kappa shape index (κ1) is 26.3. The maximum Gasteiger partial charge on any atom is 0.434 e. The van der Waals surface area contributed by atoms with Crippen LogP contribution in [0.4, 0.5) is 13.2 Å². The fraction of sp³-hybridized carbons (Fsp3) is 0.333. The van der Waals surface area contributed by atoms with E-state index in [0.717, 1.165) is 43.1 Å². The number of aromatic nitrogens is 7. The van der Waals surface area contributed by atoms with Crippen LogP contribution in [0.15, 0.2) is 59.9 Å². The zero-order valence-electron chi connectivity index (χ0n) is 22.7. The van der Waals surface area contributed by atoms with Gasteiger partial charge < -0.3 is 9.30 Å². The molecule has 5 aromatic rings. The molecule has 0 spiro atoms. The Morgan fingerprint density at radius 3 is 2.45 bits per heavy atom. The van der Waals surface area contributed by atoms with E-state index in [9.17, 15) is 18.0 Å². The first-order chi connectivity index (χ1) is 20.3. The van der Waals surface area contributed by atoms with E-state index in [-0.39, 0.29) is 17.9 Å². The number of alkyl halides is 3. The third-order valence-electron chi connectivity index (χ3n) is 7.72. The Bertz CT molecular complexity index is 1860. The molecular formula is C30H26F3N7O2. The van der Waals surface area contributed by atoms with E-state index in [0.29, 0.717) is 52.2 Å². The molecule has 0 unspecified atom stereocenters. The molecular weight excluding hydrogens is 547 g/mol. The van der Waals surface area contributed by atoms with Crippen molar-refractivity contribution in [1.29, 1.82) is 0 Å². The maximum atomic E-state index is 13.4. The van der Waals surface area contributed by atoms with E-state index < -0.39 is 11.9 Å². The smallest absolute Gasteiger partial charge is 0.434 e. The molecule has 2 fully saturated rings. The van der Waals surface area contributed by atoms with Gasteiger partial charge in [0.15, 0.2) is 11.5 Å². The number of pyridine rings is 1. The molecule has 0 saturated heterocycles. The lowest BCUT2D eigenvalue weighted by Gasteiger charge is -2.13. The highest BCUT2D eigenvalue weighted by Gasteiger charge is 2.36. The molecule has 0 aliphatic heterocycles.